The van der Waals surface area contributed by atoms with Crippen LogP contribution in [0.15, 0.2) is 0 Å². The average Bonchev–Trinajstić information content (AvgIpc) is 2.64. The molecule has 0 radical (unpaired) electrons. The van der Waals surface area contributed by atoms with Gasteiger partial charge in [-0.1, -0.05) is 0 Å². The minimum atomic E-state index is -1.44. The monoisotopic (exact) mass is 453 g/mol. The number of carbonyl (C=O) groups is 2. The van der Waals surface area contributed by atoms with Crippen molar-refractivity contribution in [1.29, 1.82) is 0 Å². The summed E-state index contributed by atoms with van der Waals surface area (Å²) in [5.41, 5.74) is 4.32. The molecule has 6 nitrogen and oxygen atoms in total. The summed E-state index contributed by atoms with van der Waals surface area (Å²) >= 11 is 0. The van der Waals surface area contributed by atoms with Crippen molar-refractivity contribution in [1.82, 2.24) is 5.32 Å². The smallest absolute Gasteiger partial charge is 0.480 e. The number of hydrogen-bond donors (Lipinski definition) is 4. The first-order valence-electron chi connectivity index (χ1n) is 6.28. The third-order valence-electron chi connectivity index (χ3n) is 3.93. The Balaban J connectivity index is 0.000000331. The number of carboxylic acids is 2. The Bertz CT molecular complexity index is 310. The van der Waals surface area contributed by atoms with Crippen LogP contribution in [0.5, 0.6) is 0 Å². The van der Waals surface area contributed by atoms with E-state index in [4.69, 9.17) is 15.9 Å². The van der Waals surface area contributed by atoms with Crippen molar-refractivity contribution in [3.8, 4) is 0 Å². The third-order valence-corrected chi connectivity index (χ3v) is 3.93. The van der Waals surface area contributed by atoms with Gasteiger partial charge >= 0.3 is 33.0 Å². The molecule has 19 heavy (non-hydrogen) atoms. The Morgan fingerprint density at radius 3 is 1.79 bits per heavy atom. The van der Waals surface area contributed by atoms with Crippen LogP contribution < -0.4 is 11.1 Å². The molecule has 0 aromatic heterocycles. The van der Waals surface area contributed by atoms with Crippen LogP contribution in [-0.2, 0) is 30.7 Å². The zero-order chi connectivity index (χ0) is 13.8. The van der Waals surface area contributed by atoms with Crippen LogP contribution in [0, 0.1) is 5.41 Å². The van der Waals surface area contributed by atoms with E-state index in [9.17, 15) is 9.59 Å². The van der Waals surface area contributed by atoms with Gasteiger partial charge in [0.2, 0.25) is 0 Å². The van der Waals surface area contributed by atoms with Crippen LogP contribution in [0.1, 0.15) is 39.0 Å². The second-order valence-corrected chi connectivity index (χ2v) is 5.34. The van der Waals surface area contributed by atoms with E-state index in [0.29, 0.717) is 6.42 Å². The number of rotatable bonds is 3. The maximum Gasteiger partial charge on any atom is 2.00 e. The van der Waals surface area contributed by atoms with Gasteiger partial charge in [0.1, 0.15) is 0 Å². The molecule has 1 atom stereocenters. The SMILES string of the molecule is C[C@@]1(CN)CCCN1.O=C(O)C1(C(=O)O)CCC1.[Pt+2]. The quantitative estimate of drug-likeness (QED) is 0.461. The molecule has 2 rings (SSSR count). The van der Waals surface area contributed by atoms with Crippen LogP contribution in [0.3, 0.4) is 0 Å². The summed E-state index contributed by atoms with van der Waals surface area (Å²) in [6.07, 6.45) is 3.78. The Kier molecular flexibility index (Phi) is 7.19. The van der Waals surface area contributed by atoms with E-state index in [-0.39, 0.29) is 39.4 Å². The van der Waals surface area contributed by atoms with Crippen LogP contribution >= 0.6 is 0 Å². The van der Waals surface area contributed by atoms with Crippen molar-refractivity contribution < 1.29 is 40.9 Å². The summed E-state index contributed by atoms with van der Waals surface area (Å²) in [6.45, 7) is 4.10. The Hall–Kier alpha value is -0.452. The van der Waals surface area contributed by atoms with E-state index in [1.54, 1.807) is 0 Å². The zero-order valence-electron chi connectivity index (χ0n) is 11.1. The van der Waals surface area contributed by atoms with E-state index in [1.807, 2.05) is 0 Å². The number of hydrogen-bond acceptors (Lipinski definition) is 4. The summed E-state index contributed by atoms with van der Waals surface area (Å²) in [4.78, 5) is 20.7. The molecule has 1 aliphatic heterocycles. The summed E-state index contributed by atoms with van der Waals surface area (Å²) in [5, 5.41) is 20.3. The summed E-state index contributed by atoms with van der Waals surface area (Å²) in [6, 6.07) is 0. The predicted molar refractivity (Wildman–Crippen MR) is 66.3 cm³/mol. The van der Waals surface area contributed by atoms with Gasteiger partial charge in [-0.3, -0.25) is 9.59 Å². The maximum atomic E-state index is 10.4. The molecule has 1 saturated heterocycles. The average molecular weight is 453 g/mol. The van der Waals surface area contributed by atoms with E-state index >= 15 is 0 Å². The van der Waals surface area contributed by atoms with Crippen molar-refractivity contribution in [2.45, 2.75) is 44.6 Å². The van der Waals surface area contributed by atoms with Gasteiger partial charge in [-0.05, 0) is 45.6 Å². The molecule has 0 spiro atoms. The third kappa shape index (κ3) is 4.26. The molecule has 0 amide bonds. The Labute approximate surface area is 127 Å². The topological polar surface area (TPSA) is 113 Å². The minimum Gasteiger partial charge on any atom is -0.480 e. The van der Waals surface area contributed by atoms with Gasteiger partial charge < -0.3 is 21.3 Å². The molecular formula is C12H22N2O4Pt+2. The van der Waals surface area contributed by atoms with Gasteiger partial charge in [-0.15, -0.1) is 0 Å². The predicted octanol–water partition coefficient (Wildman–Crippen LogP) is 0.411. The molecule has 0 aromatic carbocycles. The van der Waals surface area contributed by atoms with E-state index in [1.165, 1.54) is 12.8 Å². The summed E-state index contributed by atoms with van der Waals surface area (Å²) < 4.78 is 0. The number of aliphatic carboxylic acids is 2. The fraction of sp³-hybridized carbons (Fsp3) is 0.833. The molecular weight excluding hydrogens is 431 g/mol. The van der Waals surface area contributed by atoms with Gasteiger partial charge in [0.25, 0.3) is 0 Å². The minimum absolute atomic E-state index is 0. The van der Waals surface area contributed by atoms with Gasteiger partial charge in [0.15, 0.2) is 5.41 Å². The molecule has 7 heteroatoms. The van der Waals surface area contributed by atoms with Crippen LogP contribution in [0.25, 0.3) is 0 Å². The van der Waals surface area contributed by atoms with Crippen LogP contribution in [0.4, 0.5) is 0 Å². The largest absolute Gasteiger partial charge is 2.00 e. The van der Waals surface area contributed by atoms with Gasteiger partial charge in [-0.2, -0.15) is 0 Å². The molecule has 2 aliphatic rings. The second kappa shape index (κ2) is 7.36. The molecule has 0 bridgehead atoms. The summed E-state index contributed by atoms with van der Waals surface area (Å²) in [5.74, 6) is -2.41. The molecule has 1 aliphatic carbocycles. The Morgan fingerprint density at radius 2 is 1.68 bits per heavy atom. The molecule has 112 valence electrons. The molecule has 1 heterocycles. The van der Waals surface area contributed by atoms with Crippen molar-refractivity contribution in [3.05, 3.63) is 0 Å². The number of nitrogens with one attached hydrogen (secondary N) is 1. The van der Waals surface area contributed by atoms with Crippen molar-refractivity contribution in [3.63, 3.8) is 0 Å². The molecule has 5 N–H and O–H groups in total. The normalized spacial score (nSPS) is 27.3. The van der Waals surface area contributed by atoms with E-state index < -0.39 is 17.4 Å². The first kappa shape index (κ1) is 18.5. The van der Waals surface area contributed by atoms with Crippen molar-refractivity contribution in [2.24, 2.45) is 11.1 Å². The van der Waals surface area contributed by atoms with Crippen molar-refractivity contribution >= 4 is 11.9 Å². The summed E-state index contributed by atoms with van der Waals surface area (Å²) in [7, 11) is 0. The maximum absolute atomic E-state index is 10.4. The first-order chi connectivity index (χ1) is 8.36. The second-order valence-electron chi connectivity index (χ2n) is 5.34. The Morgan fingerprint density at radius 1 is 1.16 bits per heavy atom. The number of carboxylic acid groups (broad SMARTS) is 2. The number of nitrogens with two attached hydrogens (primary N) is 1. The molecule has 0 aromatic rings. The molecule has 2 fully saturated rings. The van der Waals surface area contributed by atoms with Crippen molar-refractivity contribution in [2.75, 3.05) is 13.1 Å². The van der Waals surface area contributed by atoms with Gasteiger partial charge in [0, 0.05) is 12.1 Å². The fourth-order valence-corrected chi connectivity index (χ4v) is 2.18. The molecule has 0 unspecified atom stereocenters. The standard InChI is InChI=1S/C6H14N2.C6H8O4.Pt/c1-6(5-7)3-2-4-8-6;7-4(8)6(5(9)10)2-1-3-6;/h8H,2-5,7H2,1H3;1-3H2,(H,7,8)(H,9,10);/q;;+2/t6-;;/m0../s1. The van der Waals surface area contributed by atoms with E-state index in [2.05, 4.69) is 12.2 Å². The molecule has 1 saturated carbocycles. The van der Waals surface area contributed by atoms with Gasteiger partial charge in [0.05, 0.1) is 0 Å². The fourth-order valence-electron chi connectivity index (χ4n) is 2.18. The zero-order valence-corrected chi connectivity index (χ0v) is 13.3. The first-order valence-corrected chi connectivity index (χ1v) is 6.28. The van der Waals surface area contributed by atoms with Crippen LogP contribution in [-0.4, -0.2) is 40.8 Å². The van der Waals surface area contributed by atoms with E-state index in [0.717, 1.165) is 13.1 Å². The van der Waals surface area contributed by atoms with Crippen LogP contribution in [0.2, 0.25) is 0 Å². The van der Waals surface area contributed by atoms with Gasteiger partial charge in [-0.25, -0.2) is 0 Å².